The summed E-state index contributed by atoms with van der Waals surface area (Å²) in [5.74, 6) is 0.389. The minimum absolute atomic E-state index is 0.389. The first kappa shape index (κ1) is 11.3. The smallest absolute Gasteiger partial charge is 0.151 e. The standard InChI is InChI=1S/C15H12N4/c16-15-14(18-8-9-19-15)13-10-12(6-7-17-13)11-4-2-1-3-5-11/h1-10H,(H2,16,19). The lowest BCUT2D eigenvalue weighted by molar-refractivity contribution is 1.18. The van der Waals surface area contributed by atoms with Gasteiger partial charge in [-0.1, -0.05) is 30.3 Å². The average Bonchev–Trinajstić information content (AvgIpc) is 2.49. The second-order valence-electron chi connectivity index (χ2n) is 4.09. The van der Waals surface area contributed by atoms with Crippen molar-refractivity contribution in [3.63, 3.8) is 0 Å². The van der Waals surface area contributed by atoms with E-state index in [9.17, 15) is 0 Å². The Labute approximate surface area is 111 Å². The monoisotopic (exact) mass is 248 g/mol. The highest BCUT2D eigenvalue weighted by Gasteiger charge is 2.07. The summed E-state index contributed by atoms with van der Waals surface area (Å²) in [4.78, 5) is 12.6. The molecule has 0 saturated heterocycles. The Kier molecular flexibility index (Phi) is 2.90. The van der Waals surface area contributed by atoms with Gasteiger partial charge in [0.05, 0.1) is 5.69 Å². The predicted octanol–water partition coefficient (Wildman–Crippen LogP) is 2.79. The van der Waals surface area contributed by atoms with E-state index in [0.29, 0.717) is 11.5 Å². The van der Waals surface area contributed by atoms with Gasteiger partial charge < -0.3 is 5.73 Å². The van der Waals surface area contributed by atoms with E-state index < -0.39 is 0 Å². The molecule has 3 rings (SSSR count). The number of aromatic nitrogens is 3. The third kappa shape index (κ3) is 2.28. The molecule has 0 aliphatic rings. The zero-order valence-corrected chi connectivity index (χ0v) is 10.2. The maximum absolute atomic E-state index is 5.83. The highest BCUT2D eigenvalue weighted by Crippen LogP contribution is 2.25. The van der Waals surface area contributed by atoms with Crippen LogP contribution in [0.5, 0.6) is 0 Å². The lowest BCUT2D eigenvalue weighted by atomic mass is 10.1. The molecule has 0 amide bonds. The van der Waals surface area contributed by atoms with E-state index in [4.69, 9.17) is 5.73 Å². The third-order valence-corrected chi connectivity index (χ3v) is 2.84. The van der Waals surface area contributed by atoms with Crippen LogP contribution < -0.4 is 5.73 Å². The summed E-state index contributed by atoms with van der Waals surface area (Å²) in [5, 5.41) is 0. The number of nitrogens with two attached hydrogens (primary N) is 1. The zero-order chi connectivity index (χ0) is 13.1. The molecule has 0 atom stereocenters. The van der Waals surface area contributed by atoms with E-state index in [1.165, 1.54) is 0 Å². The fraction of sp³-hybridized carbons (Fsp3) is 0. The predicted molar refractivity (Wildman–Crippen MR) is 75.1 cm³/mol. The molecule has 1 aromatic carbocycles. The highest BCUT2D eigenvalue weighted by molar-refractivity contribution is 5.72. The van der Waals surface area contributed by atoms with E-state index in [1.807, 2.05) is 30.3 Å². The molecule has 0 spiro atoms. The summed E-state index contributed by atoms with van der Waals surface area (Å²) in [6.45, 7) is 0. The number of nitrogens with zero attached hydrogens (tertiary/aromatic N) is 3. The van der Waals surface area contributed by atoms with Gasteiger partial charge >= 0.3 is 0 Å². The van der Waals surface area contributed by atoms with Gasteiger partial charge in [-0.2, -0.15) is 0 Å². The molecule has 0 fully saturated rings. The Hall–Kier alpha value is -2.75. The van der Waals surface area contributed by atoms with Crippen LogP contribution in [0.4, 0.5) is 5.82 Å². The molecule has 2 heterocycles. The molecule has 0 aliphatic heterocycles. The van der Waals surface area contributed by atoms with Crippen molar-refractivity contribution >= 4 is 5.82 Å². The normalized spacial score (nSPS) is 10.3. The molecule has 0 aliphatic carbocycles. The van der Waals surface area contributed by atoms with Crippen LogP contribution in [-0.4, -0.2) is 15.0 Å². The molecule has 4 heteroatoms. The van der Waals surface area contributed by atoms with E-state index in [0.717, 1.165) is 16.8 Å². The van der Waals surface area contributed by atoms with Gasteiger partial charge in [0.1, 0.15) is 5.69 Å². The first-order valence-electron chi connectivity index (χ1n) is 5.93. The fourth-order valence-corrected chi connectivity index (χ4v) is 1.92. The van der Waals surface area contributed by atoms with Crippen molar-refractivity contribution in [2.24, 2.45) is 0 Å². The fourth-order valence-electron chi connectivity index (χ4n) is 1.92. The van der Waals surface area contributed by atoms with Gasteiger partial charge in [-0.3, -0.25) is 4.98 Å². The van der Waals surface area contributed by atoms with E-state index in [1.54, 1.807) is 18.6 Å². The Morgan fingerprint density at radius 1 is 0.737 bits per heavy atom. The van der Waals surface area contributed by atoms with Crippen molar-refractivity contribution in [2.75, 3.05) is 5.73 Å². The van der Waals surface area contributed by atoms with Crippen molar-refractivity contribution in [2.45, 2.75) is 0 Å². The minimum Gasteiger partial charge on any atom is -0.382 e. The maximum atomic E-state index is 5.83. The summed E-state index contributed by atoms with van der Waals surface area (Å²) < 4.78 is 0. The summed E-state index contributed by atoms with van der Waals surface area (Å²) in [7, 11) is 0. The number of nitrogen functional groups attached to an aromatic ring is 1. The van der Waals surface area contributed by atoms with E-state index in [-0.39, 0.29) is 0 Å². The topological polar surface area (TPSA) is 64.7 Å². The number of hydrogen-bond acceptors (Lipinski definition) is 4. The van der Waals surface area contributed by atoms with Crippen LogP contribution >= 0.6 is 0 Å². The molecule has 2 N–H and O–H groups in total. The molecule has 2 aromatic heterocycles. The molecule has 0 bridgehead atoms. The number of pyridine rings is 1. The van der Waals surface area contributed by atoms with Crippen LogP contribution in [0.2, 0.25) is 0 Å². The van der Waals surface area contributed by atoms with Gasteiger partial charge in [-0.15, -0.1) is 0 Å². The van der Waals surface area contributed by atoms with Crippen LogP contribution in [0.15, 0.2) is 61.1 Å². The van der Waals surface area contributed by atoms with Crippen LogP contribution in [0.25, 0.3) is 22.5 Å². The first-order valence-corrected chi connectivity index (χ1v) is 5.93. The first-order chi connectivity index (χ1) is 9.34. The van der Waals surface area contributed by atoms with Gasteiger partial charge in [0.15, 0.2) is 5.82 Å². The second kappa shape index (κ2) is 4.86. The lowest BCUT2D eigenvalue weighted by Crippen LogP contribution is -1.97. The molecule has 0 radical (unpaired) electrons. The highest BCUT2D eigenvalue weighted by atomic mass is 14.9. The van der Waals surface area contributed by atoms with Crippen molar-refractivity contribution < 1.29 is 0 Å². The van der Waals surface area contributed by atoms with Crippen LogP contribution in [0.3, 0.4) is 0 Å². The number of rotatable bonds is 2. The van der Waals surface area contributed by atoms with Gasteiger partial charge in [-0.25, -0.2) is 9.97 Å². The molecule has 0 saturated carbocycles. The van der Waals surface area contributed by atoms with Gasteiger partial charge in [-0.05, 0) is 23.3 Å². The lowest BCUT2D eigenvalue weighted by Gasteiger charge is -2.05. The summed E-state index contributed by atoms with van der Waals surface area (Å²) >= 11 is 0. The average molecular weight is 248 g/mol. The molecule has 4 nitrogen and oxygen atoms in total. The molecule has 3 aromatic rings. The number of anilines is 1. The Morgan fingerprint density at radius 3 is 2.32 bits per heavy atom. The summed E-state index contributed by atoms with van der Waals surface area (Å²) in [6.07, 6.45) is 4.94. The Bertz CT molecular complexity index is 695. The minimum atomic E-state index is 0.389. The molecular weight excluding hydrogens is 236 g/mol. The van der Waals surface area contributed by atoms with Crippen molar-refractivity contribution in [3.8, 4) is 22.5 Å². The maximum Gasteiger partial charge on any atom is 0.151 e. The quantitative estimate of drug-likeness (QED) is 0.757. The molecule has 92 valence electrons. The number of benzene rings is 1. The second-order valence-corrected chi connectivity index (χ2v) is 4.09. The summed E-state index contributed by atoms with van der Waals surface area (Å²) in [5.41, 5.74) is 9.38. The SMILES string of the molecule is Nc1nccnc1-c1cc(-c2ccccc2)ccn1. The third-order valence-electron chi connectivity index (χ3n) is 2.84. The van der Waals surface area contributed by atoms with Gasteiger partial charge in [0.25, 0.3) is 0 Å². The van der Waals surface area contributed by atoms with Gasteiger partial charge in [0, 0.05) is 18.6 Å². The Balaban J connectivity index is 2.09. The van der Waals surface area contributed by atoms with E-state index >= 15 is 0 Å². The molecular formula is C15H12N4. The largest absolute Gasteiger partial charge is 0.382 e. The Morgan fingerprint density at radius 2 is 1.53 bits per heavy atom. The van der Waals surface area contributed by atoms with Crippen LogP contribution in [-0.2, 0) is 0 Å². The molecule has 0 unspecified atom stereocenters. The van der Waals surface area contributed by atoms with E-state index in [2.05, 4.69) is 27.1 Å². The van der Waals surface area contributed by atoms with Crippen LogP contribution in [0, 0.1) is 0 Å². The van der Waals surface area contributed by atoms with Crippen molar-refractivity contribution in [3.05, 3.63) is 61.1 Å². The zero-order valence-electron chi connectivity index (χ0n) is 10.2. The number of hydrogen-bond donors (Lipinski definition) is 1. The van der Waals surface area contributed by atoms with Crippen molar-refractivity contribution in [1.82, 2.24) is 15.0 Å². The van der Waals surface area contributed by atoms with Crippen LogP contribution in [0.1, 0.15) is 0 Å². The summed E-state index contributed by atoms with van der Waals surface area (Å²) in [6, 6.07) is 14.0. The van der Waals surface area contributed by atoms with Crippen molar-refractivity contribution in [1.29, 1.82) is 0 Å². The van der Waals surface area contributed by atoms with Gasteiger partial charge in [0.2, 0.25) is 0 Å². The molecule has 19 heavy (non-hydrogen) atoms.